The molecule has 5 nitrogen and oxygen atoms in total. The van der Waals surface area contributed by atoms with Crippen LogP contribution in [0.4, 0.5) is 4.39 Å². The predicted molar refractivity (Wildman–Crippen MR) is 86.0 cm³/mol. The summed E-state index contributed by atoms with van der Waals surface area (Å²) in [4.78, 5) is 12.0. The van der Waals surface area contributed by atoms with E-state index in [0.29, 0.717) is 25.3 Å². The zero-order valence-electron chi connectivity index (χ0n) is 12.9. The summed E-state index contributed by atoms with van der Waals surface area (Å²) >= 11 is 0. The van der Waals surface area contributed by atoms with Crippen molar-refractivity contribution in [2.75, 3.05) is 6.54 Å². The van der Waals surface area contributed by atoms with Crippen molar-refractivity contribution in [1.29, 1.82) is 0 Å². The smallest absolute Gasteiger partial charge is 0.308 e. The molecule has 0 spiro atoms. The van der Waals surface area contributed by atoms with Crippen LogP contribution in [0.1, 0.15) is 27.7 Å². The monoisotopic (exact) mass is 325 g/mol. The molecule has 0 unspecified atom stereocenters. The largest absolute Gasteiger partial charge is 0.417 e. The summed E-state index contributed by atoms with van der Waals surface area (Å²) in [5.41, 5.74) is 1.97. The van der Waals surface area contributed by atoms with Crippen LogP contribution in [0.3, 0.4) is 0 Å². The quantitative estimate of drug-likeness (QED) is 0.757. The number of carbonyl (C=O) groups excluding carboxylic acids is 1. The molecule has 1 N–H and O–H groups in total. The summed E-state index contributed by atoms with van der Waals surface area (Å²) < 4.78 is 18.2. The van der Waals surface area contributed by atoms with E-state index in [1.54, 1.807) is 12.1 Å². The van der Waals surface area contributed by atoms with E-state index in [-0.39, 0.29) is 11.7 Å². The maximum absolute atomic E-state index is 12.8. The van der Waals surface area contributed by atoms with Gasteiger partial charge in [0.1, 0.15) is 5.82 Å². The van der Waals surface area contributed by atoms with Gasteiger partial charge in [-0.05, 0) is 29.7 Å². The highest BCUT2D eigenvalue weighted by atomic mass is 19.1. The fraction of sp³-hybridized carbons (Fsp3) is 0.167. The van der Waals surface area contributed by atoms with Gasteiger partial charge in [-0.25, -0.2) is 4.39 Å². The van der Waals surface area contributed by atoms with Crippen LogP contribution in [0.2, 0.25) is 0 Å². The van der Waals surface area contributed by atoms with Gasteiger partial charge in [0.25, 0.3) is 0 Å². The van der Waals surface area contributed by atoms with E-state index >= 15 is 0 Å². The summed E-state index contributed by atoms with van der Waals surface area (Å²) in [6, 6.07) is 15.8. The number of carbonyl (C=O) groups is 1. The van der Waals surface area contributed by atoms with Gasteiger partial charge in [0.05, 0.1) is 6.42 Å². The number of nitrogens with one attached hydrogen (secondary N) is 1. The fourth-order valence-corrected chi connectivity index (χ4v) is 2.23. The average Bonchev–Trinajstić information content (AvgIpc) is 3.06. The molecule has 3 aromatic rings. The van der Waals surface area contributed by atoms with E-state index in [2.05, 4.69) is 15.5 Å². The molecule has 0 aliphatic rings. The van der Waals surface area contributed by atoms with Crippen molar-refractivity contribution >= 4 is 5.91 Å². The Bertz CT molecular complexity index is 801. The molecule has 0 fully saturated rings. The Labute approximate surface area is 138 Å². The molecule has 1 aromatic heterocycles. The second-order valence-electron chi connectivity index (χ2n) is 5.30. The highest BCUT2D eigenvalue weighted by Gasteiger charge is 2.14. The van der Waals surface area contributed by atoms with Crippen molar-refractivity contribution in [2.24, 2.45) is 0 Å². The molecule has 0 saturated heterocycles. The van der Waals surface area contributed by atoms with Crippen molar-refractivity contribution < 1.29 is 13.6 Å². The first-order chi connectivity index (χ1) is 11.7. The van der Waals surface area contributed by atoms with Crippen LogP contribution >= 0.6 is 0 Å². The third-order valence-corrected chi connectivity index (χ3v) is 3.47. The third-order valence-electron chi connectivity index (χ3n) is 3.47. The van der Waals surface area contributed by atoms with Crippen molar-refractivity contribution in [1.82, 2.24) is 15.5 Å². The standard InChI is InChI=1S/C18H16FN3O2/c19-15-8-6-13(7-9-15)10-11-20-17(23)18-22-21-16(24-18)12-14-4-2-1-3-5-14/h1-9H,10-12H2,(H,20,23). The molecular formula is C18H16FN3O2. The van der Waals surface area contributed by atoms with Crippen molar-refractivity contribution in [3.63, 3.8) is 0 Å². The zero-order valence-corrected chi connectivity index (χ0v) is 12.9. The molecule has 24 heavy (non-hydrogen) atoms. The van der Waals surface area contributed by atoms with Crippen LogP contribution in [0.25, 0.3) is 0 Å². The normalized spacial score (nSPS) is 10.5. The summed E-state index contributed by atoms with van der Waals surface area (Å²) in [5, 5.41) is 10.4. The molecule has 0 bridgehead atoms. The first kappa shape index (κ1) is 15.9. The lowest BCUT2D eigenvalue weighted by molar-refractivity contribution is 0.0918. The number of aromatic nitrogens is 2. The van der Waals surface area contributed by atoms with E-state index in [1.165, 1.54) is 12.1 Å². The molecule has 1 amide bonds. The first-order valence-corrected chi connectivity index (χ1v) is 7.59. The van der Waals surface area contributed by atoms with Gasteiger partial charge in [-0.1, -0.05) is 42.5 Å². The summed E-state index contributed by atoms with van der Waals surface area (Å²) in [5.74, 6) is -0.353. The molecule has 0 aliphatic heterocycles. The highest BCUT2D eigenvalue weighted by Crippen LogP contribution is 2.08. The molecule has 0 saturated carbocycles. The van der Waals surface area contributed by atoms with Crippen LogP contribution in [-0.2, 0) is 12.8 Å². The van der Waals surface area contributed by atoms with E-state index in [4.69, 9.17) is 4.42 Å². The Morgan fingerprint density at radius 2 is 1.75 bits per heavy atom. The highest BCUT2D eigenvalue weighted by molar-refractivity contribution is 5.89. The lowest BCUT2D eigenvalue weighted by atomic mass is 10.1. The Morgan fingerprint density at radius 1 is 1.00 bits per heavy atom. The summed E-state index contributed by atoms with van der Waals surface area (Å²) in [6.45, 7) is 0.404. The molecule has 0 radical (unpaired) electrons. The Hall–Kier alpha value is -3.02. The number of benzene rings is 2. The number of hydrogen-bond acceptors (Lipinski definition) is 4. The average molecular weight is 325 g/mol. The Balaban J connectivity index is 1.51. The van der Waals surface area contributed by atoms with E-state index in [0.717, 1.165) is 11.1 Å². The van der Waals surface area contributed by atoms with Gasteiger partial charge in [-0.15, -0.1) is 10.2 Å². The minimum atomic E-state index is -0.413. The lowest BCUT2D eigenvalue weighted by Gasteiger charge is -2.02. The third kappa shape index (κ3) is 4.25. The van der Waals surface area contributed by atoms with Crippen LogP contribution in [-0.4, -0.2) is 22.6 Å². The minimum absolute atomic E-state index is 0.0555. The molecule has 6 heteroatoms. The lowest BCUT2D eigenvalue weighted by Crippen LogP contribution is -2.26. The van der Waals surface area contributed by atoms with E-state index < -0.39 is 5.91 Å². The zero-order chi connectivity index (χ0) is 16.8. The molecule has 0 atom stereocenters. The Kier molecular flexibility index (Phi) is 4.96. The first-order valence-electron chi connectivity index (χ1n) is 7.59. The van der Waals surface area contributed by atoms with Crippen molar-refractivity contribution in [3.8, 4) is 0 Å². The van der Waals surface area contributed by atoms with Gasteiger partial charge in [-0.2, -0.15) is 0 Å². The maximum atomic E-state index is 12.8. The predicted octanol–water partition coefficient (Wildman–Crippen LogP) is 2.77. The minimum Gasteiger partial charge on any atom is -0.417 e. The molecule has 3 rings (SSSR count). The van der Waals surface area contributed by atoms with E-state index in [9.17, 15) is 9.18 Å². The second kappa shape index (κ2) is 7.50. The number of hydrogen-bond donors (Lipinski definition) is 1. The van der Waals surface area contributed by atoms with Crippen LogP contribution < -0.4 is 5.32 Å². The molecule has 1 heterocycles. The molecule has 2 aromatic carbocycles. The summed E-state index contributed by atoms with van der Waals surface area (Å²) in [7, 11) is 0. The molecular weight excluding hydrogens is 309 g/mol. The number of halogens is 1. The van der Waals surface area contributed by atoms with Crippen LogP contribution in [0.5, 0.6) is 0 Å². The molecule has 122 valence electrons. The van der Waals surface area contributed by atoms with Gasteiger partial charge >= 0.3 is 11.8 Å². The van der Waals surface area contributed by atoms with Gasteiger partial charge in [0, 0.05) is 6.54 Å². The maximum Gasteiger partial charge on any atom is 0.308 e. The SMILES string of the molecule is O=C(NCCc1ccc(F)cc1)c1nnc(Cc2ccccc2)o1. The summed E-state index contributed by atoms with van der Waals surface area (Å²) in [6.07, 6.45) is 1.08. The van der Waals surface area contributed by atoms with Crippen molar-refractivity contribution in [2.45, 2.75) is 12.8 Å². The fourth-order valence-electron chi connectivity index (χ4n) is 2.23. The van der Waals surface area contributed by atoms with Gasteiger partial charge < -0.3 is 9.73 Å². The number of nitrogens with zero attached hydrogens (tertiary/aromatic N) is 2. The molecule has 0 aliphatic carbocycles. The number of amides is 1. The van der Waals surface area contributed by atoms with Gasteiger partial charge in [0.15, 0.2) is 0 Å². The van der Waals surface area contributed by atoms with E-state index in [1.807, 2.05) is 30.3 Å². The van der Waals surface area contributed by atoms with Gasteiger partial charge in [-0.3, -0.25) is 4.79 Å². The van der Waals surface area contributed by atoms with Crippen molar-refractivity contribution in [3.05, 3.63) is 83.3 Å². The topological polar surface area (TPSA) is 68.0 Å². The Morgan fingerprint density at radius 3 is 2.50 bits per heavy atom. The second-order valence-corrected chi connectivity index (χ2v) is 5.30. The number of rotatable bonds is 6. The van der Waals surface area contributed by atoms with Crippen LogP contribution in [0, 0.1) is 5.82 Å². The van der Waals surface area contributed by atoms with Crippen LogP contribution in [0.15, 0.2) is 59.0 Å². The van der Waals surface area contributed by atoms with Gasteiger partial charge in [0.2, 0.25) is 5.89 Å².